The summed E-state index contributed by atoms with van der Waals surface area (Å²) in [7, 11) is 5.84. The van der Waals surface area contributed by atoms with Gasteiger partial charge in [-0.25, -0.2) is 23.1 Å². The molecule has 6 rings (SSSR count). The van der Waals surface area contributed by atoms with Gasteiger partial charge in [0.05, 0.1) is 16.5 Å². The second kappa shape index (κ2) is 14.4. The molecule has 48 heavy (non-hydrogen) atoms. The zero-order valence-electron chi connectivity index (χ0n) is 27.6. The van der Waals surface area contributed by atoms with Crippen molar-refractivity contribution in [1.29, 1.82) is 0 Å². The first-order valence-corrected chi connectivity index (χ1v) is 15.8. The summed E-state index contributed by atoms with van der Waals surface area (Å²) >= 11 is 0. The molecule has 0 amide bonds. The standard InChI is InChI=1S/C32H37F3N7O3.C2H4O/c1-5-18-12-22-26(40(2)3)17-45-31(22)27(13-18)42(43,44)39-25-7-6-23(33)28(29(25)35)19-14-20-16-36-32(38-30(20)24(34)15-19)37-21-8-10-41(4)11-9-21;1-2-3/h6-7,12-16,21,26,39,43-44H,5,8-11,17H2,1-4H3,(H,36,37,38);2H,1H3/q+1;. The second-order valence-corrected chi connectivity index (χ2v) is 12.2. The first-order valence-electron chi connectivity index (χ1n) is 15.8. The molecule has 1 fully saturated rings. The van der Waals surface area contributed by atoms with Gasteiger partial charge in [0.2, 0.25) is 5.95 Å². The number of piperidine rings is 1. The molecule has 11 nitrogen and oxygen atoms in total. The predicted octanol–water partition coefficient (Wildman–Crippen LogP) is 6.10. The molecule has 4 aromatic rings. The molecule has 1 atom stereocenters. The SMILES string of the molecule is CC=O.CCc1cc2c(c([N+](O)(O)Nc3ccc(F)c(-c4cc(F)c5nc(NC6CCN(C)CC6)ncc5c4)c3F)c1)OCC2N(C)C. The zero-order chi connectivity index (χ0) is 34.7. The van der Waals surface area contributed by atoms with Crippen molar-refractivity contribution >= 4 is 34.5 Å². The van der Waals surface area contributed by atoms with Gasteiger partial charge in [0, 0.05) is 29.3 Å². The highest BCUT2D eigenvalue weighted by Gasteiger charge is 2.40. The van der Waals surface area contributed by atoms with Crippen molar-refractivity contribution < 1.29 is 33.1 Å². The summed E-state index contributed by atoms with van der Waals surface area (Å²) in [4.78, 5) is 19.7. The normalized spacial score (nSPS) is 16.7. The molecular weight excluding hydrogens is 627 g/mol. The van der Waals surface area contributed by atoms with Crippen LogP contribution in [-0.2, 0) is 11.2 Å². The number of nitrogens with one attached hydrogen (secondary N) is 2. The number of anilines is 2. The van der Waals surface area contributed by atoms with E-state index in [1.807, 2.05) is 32.0 Å². The van der Waals surface area contributed by atoms with Crippen molar-refractivity contribution in [1.82, 2.24) is 24.7 Å². The van der Waals surface area contributed by atoms with E-state index >= 15 is 13.2 Å². The van der Waals surface area contributed by atoms with E-state index in [2.05, 4.69) is 32.7 Å². The monoisotopic (exact) mass is 668 g/mol. The average Bonchev–Trinajstić information content (AvgIpc) is 3.48. The Balaban J connectivity index is 0.00000145. The Morgan fingerprint density at radius 3 is 2.48 bits per heavy atom. The maximum atomic E-state index is 16.0. The van der Waals surface area contributed by atoms with Gasteiger partial charge in [-0.05, 0) is 102 Å². The van der Waals surface area contributed by atoms with Gasteiger partial charge in [0.1, 0.15) is 35.7 Å². The van der Waals surface area contributed by atoms with E-state index in [0.29, 0.717) is 13.0 Å². The Kier molecular flexibility index (Phi) is 10.5. The number of likely N-dealkylation sites (N-methyl/N-ethyl adjacent to an activating group) is 1. The van der Waals surface area contributed by atoms with E-state index in [-0.39, 0.29) is 45.9 Å². The van der Waals surface area contributed by atoms with Crippen LogP contribution < -0.4 is 20.4 Å². The van der Waals surface area contributed by atoms with Crippen LogP contribution in [0.3, 0.4) is 0 Å². The van der Waals surface area contributed by atoms with Gasteiger partial charge in [0.25, 0.3) is 5.69 Å². The van der Waals surface area contributed by atoms with Gasteiger partial charge < -0.3 is 19.7 Å². The molecule has 3 heterocycles. The number of halogens is 3. The van der Waals surface area contributed by atoms with Gasteiger partial charge in [-0.2, -0.15) is 5.43 Å². The quantitative estimate of drug-likeness (QED) is 0.0996. The van der Waals surface area contributed by atoms with E-state index in [4.69, 9.17) is 9.53 Å². The fourth-order valence-electron chi connectivity index (χ4n) is 6.00. The van der Waals surface area contributed by atoms with Gasteiger partial charge in [-0.15, -0.1) is 10.4 Å². The summed E-state index contributed by atoms with van der Waals surface area (Å²) in [5.41, 5.74) is 2.81. The number of carbonyl (C=O) groups excluding carboxylic acids is 1. The number of ether oxygens (including phenoxy) is 1. The van der Waals surface area contributed by atoms with E-state index in [1.165, 1.54) is 19.2 Å². The van der Waals surface area contributed by atoms with Crippen molar-refractivity contribution in [3.05, 3.63) is 71.2 Å². The molecule has 1 aromatic heterocycles. The lowest BCUT2D eigenvalue weighted by molar-refractivity contribution is -0.273. The van der Waals surface area contributed by atoms with Crippen LogP contribution in [0.1, 0.15) is 43.9 Å². The van der Waals surface area contributed by atoms with Crippen LogP contribution in [0.5, 0.6) is 5.75 Å². The van der Waals surface area contributed by atoms with E-state index in [1.54, 1.807) is 6.07 Å². The largest absolute Gasteiger partial charge is 0.485 e. The van der Waals surface area contributed by atoms with Crippen molar-refractivity contribution in [2.45, 2.75) is 45.2 Å². The van der Waals surface area contributed by atoms with Crippen LogP contribution in [0.4, 0.5) is 30.5 Å². The lowest BCUT2D eigenvalue weighted by Crippen LogP contribution is -2.48. The number of carbonyl (C=O) groups is 1. The van der Waals surface area contributed by atoms with Gasteiger partial charge in [0.15, 0.2) is 11.6 Å². The summed E-state index contributed by atoms with van der Waals surface area (Å²) in [6.07, 6.45) is 4.57. The predicted molar refractivity (Wildman–Crippen MR) is 177 cm³/mol. The number of hydrogen-bond donors (Lipinski definition) is 4. The third-order valence-corrected chi connectivity index (χ3v) is 8.61. The molecule has 0 aliphatic carbocycles. The molecule has 1 saturated heterocycles. The zero-order valence-corrected chi connectivity index (χ0v) is 27.6. The van der Waals surface area contributed by atoms with Crippen LogP contribution in [0.2, 0.25) is 0 Å². The summed E-state index contributed by atoms with van der Waals surface area (Å²) in [5, 5.41) is 25.9. The molecule has 0 radical (unpaired) electrons. The minimum Gasteiger partial charge on any atom is -0.485 e. The Morgan fingerprint density at radius 1 is 1.10 bits per heavy atom. The van der Waals surface area contributed by atoms with Crippen LogP contribution in [0, 0.1) is 17.5 Å². The minimum atomic E-state index is -1.97. The topological polar surface area (TPSA) is 123 Å². The van der Waals surface area contributed by atoms with Crippen LogP contribution in [-0.4, -0.2) is 83.3 Å². The smallest absolute Gasteiger partial charge is 0.269 e. The molecule has 4 N–H and O–H groups in total. The number of likely N-dealkylation sites (tertiary alicyclic amines) is 1. The van der Waals surface area contributed by atoms with Crippen molar-refractivity contribution in [3.63, 3.8) is 0 Å². The van der Waals surface area contributed by atoms with Gasteiger partial charge in [-0.3, -0.25) is 4.90 Å². The fourth-order valence-corrected chi connectivity index (χ4v) is 6.00. The summed E-state index contributed by atoms with van der Waals surface area (Å²) in [5.74, 6) is -2.34. The molecule has 0 spiro atoms. The first-order chi connectivity index (χ1) is 22.9. The molecule has 0 bridgehead atoms. The van der Waals surface area contributed by atoms with E-state index in [9.17, 15) is 10.4 Å². The maximum absolute atomic E-state index is 16.0. The van der Waals surface area contributed by atoms with Crippen LogP contribution in [0.25, 0.3) is 22.0 Å². The van der Waals surface area contributed by atoms with Gasteiger partial charge >= 0.3 is 0 Å². The average molecular weight is 669 g/mol. The van der Waals surface area contributed by atoms with Crippen molar-refractivity contribution in [2.24, 2.45) is 0 Å². The Hall–Kier alpha value is -4.34. The van der Waals surface area contributed by atoms with Crippen LogP contribution in [0.15, 0.2) is 42.6 Å². The first kappa shape index (κ1) is 35.0. The highest BCUT2D eigenvalue weighted by molar-refractivity contribution is 5.86. The highest BCUT2D eigenvalue weighted by Crippen LogP contribution is 2.45. The summed E-state index contributed by atoms with van der Waals surface area (Å²) < 4.78 is 52.4. The second-order valence-electron chi connectivity index (χ2n) is 12.2. The Labute approximate surface area is 277 Å². The van der Waals surface area contributed by atoms with Crippen molar-refractivity contribution in [3.8, 4) is 16.9 Å². The molecular formula is C34H41F3N7O4+. The number of nitrogens with zero attached hydrogens (tertiary/aromatic N) is 5. The minimum absolute atomic E-state index is 0.0152. The Bertz CT molecular complexity index is 1800. The lowest BCUT2D eigenvalue weighted by Gasteiger charge is -2.29. The lowest BCUT2D eigenvalue weighted by atomic mass is 10.0. The number of benzene rings is 3. The highest BCUT2D eigenvalue weighted by atomic mass is 19.1. The van der Waals surface area contributed by atoms with E-state index < -0.39 is 33.6 Å². The molecule has 3 aromatic carbocycles. The number of hydrogen-bond acceptors (Lipinski definition) is 10. The molecule has 0 saturated carbocycles. The Morgan fingerprint density at radius 2 is 1.81 bits per heavy atom. The molecule has 1 unspecified atom stereocenters. The number of rotatable bonds is 8. The molecule has 256 valence electrons. The fraction of sp³-hybridized carbons (Fsp3) is 0.382. The number of aryl methyl sites for hydroxylation is 1. The summed E-state index contributed by atoms with van der Waals surface area (Å²) in [6.45, 7) is 5.52. The van der Waals surface area contributed by atoms with Crippen LogP contribution >= 0.6 is 0 Å². The number of aldehydes is 1. The number of fused-ring (bicyclic) bond motifs is 2. The molecule has 2 aliphatic heterocycles. The third kappa shape index (κ3) is 7.22. The third-order valence-electron chi connectivity index (χ3n) is 8.61. The number of aromatic nitrogens is 2. The van der Waals surface area contributed by atoms with Gasteiger partial charge in [-0.1, -0.05) is 6.92 Å². The maximum Gasteiger partial charge on any atom is 0.269 e. The molecule has 14 heteroatoms. The number of quaternary nitrogens is 1. The van der Waals surface area contributed by atoms with E-state index in [0.717, 1.165) is 61.5 Å². The van der Waals surface area contributed by atoms with Crippen molar-refractivity contribution in [2.75, 3.05) is 51.6 Å². The summed E-state index contributed by atoms with van der Waals surface area (Å²) in [6, 6.07) is 7.96. The molecule has 2 aliphatic rings.